The van der Waals surface area contributed by atoms with Crippen LogP contribution in [0.4, 0.5) is 0 Å². The fourth-order valence-electron chi connectivity index (χ4n) is 5.47. The summed E-state index contributed by atoms with van der Waals surface area (Å²) in [5.74, 6) is 1.15. The highest BCUT2D eigenvalue weighted by Gasteiger charge is 2.42. The third kappa shape index (κ3) is 4.13. The average molecular weight is 359 g/mol. The number of nitrogens with zero attached hydrogens (tertiary/aromatic N) is 4. The van der Waals surface area contributed by atoms with E-state index < -0.39 is 0 Å². The van der Waals surface area contributed by atoms with Crippen molar-refractivity contribution in [2.75, 3.05) is 32.7 Å². The molecule has 144 valence electrons. The van der Waals surface area contributed by atoms with Gasteiger partial charge >= 0.3 is 0 Å². The number of rotatable bonds is 4. The van der Waals surface area contributed by atoms with E-state index in [1.807, 2.05) is 19.2 Å². The number of aromatic nitrogens is 2. The van der Waals surface area contributed by atoms with Gasteiger partial charge < -0.3 is 9.80 Å². The first-order valence-electron chi connectivity index (χ1n) is 10.6. The second-order valence-corrected chi connectivity index (χ2v) is 9.06. The summed E-state index contributed by atoms with van der Waals surface area (Å²) >= 11 is 0. The molecule has 3 aliphatic rings. The SMILES string of the molecule is Cc1ccn(CC(=O)N2CCC3(CCCN(CC4CCCCC4)C3)C2)n1. The monoisotopic (exact) mass is 358 g/mol. The van der Waals surface area contributed by atoms with Crippen molar-refractivity contribution in [1.29, 1.82) is 0 Å². The molecule has 26 heavy (non-hydrogen) atoms. The molecule has 3 heterocycles. The van der Waals surface area contributed by atoms with Crippen molar-refractivity contribution in [2.24, 2.45) is 11.3 Å². The van der Waals surface area contributed by atoms with Crippen LogP contribution in [-0.2, 0) is 11.3 Å². The van der Waals surface area contributed by atoms with Gasteiger partial charge in [-0.2, -0.15) is 5.10 Å². The second kappa shape index (κ2) is 7.71. The summed E-state index contributed by atoms with van der Waals surface area (Å²) in [5, 5.41) is 4.36. The lowest BCUT2D eigenvalue weighted by molar-refractivity contribution is -0.131. The lowest BCUT2D eigenvalue weighted by Gasteiger charge is -2.42. The fraction of sp³-hybridized carbons (Fsp3) is 0.810. The maximum Gasteiger partial charge on any atom is 0.244 e. The minimum absolute atomic E-state index is 0.231. The van der Waals surface area contributed by atoms with Gasteiger partial charge in [0.1, 0.15) is 6.54 Å². The van der Waals surface area contributed by atoms with E-state index in [1.165, 1.54) is 71.0 Å². The molecule has 2 saturated heterocycles. The van der Waals surface area contributed by atoms with E-state index in [4.69, 9.17) is 0 Å². The molecule has 1 saturated carbocycles. The summed E-state index contributed by atoms with van der Waals surface area (Å²) in [6.07, 6.45) is 12.8. The van der Waals surface area contributed by atoms with Crippen LogP contribution in [0.1, 0.15) is 57.1 Å². The number of hydrogen-bond acceptors (Lipinski definition) is 3. The Labute approximate surface area is 157 Å². The smallest absolute Gasteiger partial charge is 0.244 e. The molecule has 1 aromatic rings. The molecule has 3 fully saturated rings. The zero-order valence-electron chi connectivity index (χ0n) is 16.3. The highest BCUT2D eigenvalue weighted by Crippen LogP contribution is 2.39. The molecule has 1 aromatic heterocycles. The molecule has 5 heteroatoms. The van der Waals surface area contributed by atoms with Crippen molar-refractivity contribution >= 4 is 5.91 Å². The molecule has 1 amide bonds. The normalized spacial score (nSPS) is 28.1. The molecule has 0 aromatic carbocycles. The molecular weight excluding hydrogens is 324 g/mol. The van der Waals surface area contributed by atoms with Crippen LogP contribution in [0, 0.1) is 18.3 Å². The molecular formula is C21H34N4O. The minimum Gasteiger partial charge on any atom is -0.340 e. The van der Waals surface area contributed by atoms with E-state index in [1.54, 1.807) is 4.68 Å². The molecule has 1 spiro atoms. The largest absolute Gasteiger partial charge is 0.340 e. The summed E-state index contributed by atoms with van der Waals surface area (Å²) in [6.45, 7) is 7.99. The van der Waals surface area contributed by atoms with Crippen LogP contribution >= 0.6 is 0 Å². The van der Waals surface area contributed by atoms with Gasteiger partial charge in [-0.25, -0.2) is 0 Å². The predicted molar refractivity (Wildman–Crippen MR) is 103 cm³/mol. The van der Waals surface area contributed by atoms with E-state index in [0.717, 1.165) is 24.7 Å². The number of amides is 1. The van der Waals surface area contributed by atoms with Gasteiger partial charge in [0.15, 0.2) is 0 Å². The maximum absolute atomic E-state index is 12.7. The Hall–Kier alpha value is -1.36. The van der Waals surface area contributed by atoms with Crippen LogP contribution in [0.15, 0.2) is 12.3 Å². The summed E-state index contributed by atoms with van der Waals surface area (Å²) in [6, 6.07) is 1.96. The molecule has 1 atom stereocenters. The fourth-order valence-corrected chi connectivity index (χ4v) is 5.47. The Kier molecular flexibility index (Phi) is 5.35. The first-order chi connectivity index (χ1) is 12.6. The van der Waals surface area contributed by atoms with E-state index in [0.29, 0.717) is 12.0 Å². The molecule has 5 nitrogen and oxygen atoms in total. The summed E-state index contributed by atoms with van der Waals surface area (Å²) in [5.41, 5.74) is 1.32. The van der Waals surface area contributed by atoms with E-state index >= 15 is 0 Å². The van der Waals surface area contributed by atoms with Gasteiger partial charge in [0.05, 0.1) is 5.69 Å². The van der Waals surface area contributed by atoms with Crippen LogP contribution in [0.3, 0.4) is 0 Å². The topological polar surface area (TPSA) is 41.4 Å². The van der Waals surface area contributed by atoms with Crippen molar-refractivity contribution in [3.8, 4) is 0 Å². The molecule has 0 radical (unpaired) electrons. The zero-order chi connectivity index (χ0) is 18.0. The van der Waals surface area contributed by atoms with Gasteiger partial charge in [0, 0.05) is 37.8 Å². The van der Waals surface area contributed by atoms with Crippen molar-refractivity contribution in [3.63, 3.8) is 0 Å². The van der Waals surface area contributed by atoms with Gasteiger partial charge in [-0.15, -0.1) is 0 Å². The quantitative estimate of drug-likeness (QED) is 0.830. The van der Waals surface area contributed by atoms with Gasteiger partial charge in [0.25, 0.3) is 0 Å². The van der Waals surface area contributed by atoms with E-state index in [2.05, 4.69) is 14.9 Å². The minimum atomic E-state index is 0.231. The Morgan fingerprint density at radius 2 is 2.00 bits per heavy atom. The molecule has 1 unspecified atom stereocenters. The van der Waals surface area contributed by atoms with Crippen molar-refractivity contribution in [2.45, 2.75) is 64.8 Å². The number of piperidine rings is 1. The zero-order valence-corrected chi connectivity index (χ0v) is 16.3. The Bertz CT molecular complexity index is 621. The van der Waals surface area contributed by atoms with Crippen LogP contribution in [-0.4, -0.2) is 58.2 Å². The van der Waals surface area contributed by atoms with Crippen LogP contribution in [0.2, 0.25) is 0 Å². The maximum atomic E-state index is 12.7. The first-order valence-corrected chi connectivity index (χ1v) is 10.6. The summed E-state index contributed by atoms with van der Waals surface area (Å²) < 4.78 is 1.78. The number of carbonyl (C=O) groups excluding carboxylic acids is 1. The summed E-state index contributed by atoms with van der Waals surface area (Å²) in [4.78, 5) is 17.5. The number of likely N-dealkylation sites (tertiary alicyclic amines) is 2. The summed E-state index contributed by atoms with van der Waals surface area (Å²) in [7, 11) is 0. The Morgan fingerprint density at radius 1 is 1.15 bits per heavy atom. The number of hydrogen-bond donors (Lipinski definition) is 0. The van der Waals surface area contributed by atoms with Gasteiger partial charge in [-0.3, -0.25) is 9.48 Å². The molecule has 2 aliphatic heterocycles. The first kappa shape index (κ1) is 18.0. The standard InChI is InChI=1S/C21H34N4O/c1-18-8-12-25(22-18)15-20(26)24-13-10-21(17-24)9-5-11-23(16-21)14-19-6-3-2-4-7-19/h8,12,19H,2-7,9-11,13-17H2,1H3. The lowest BCUT2D eigenvalue weighted by Crippen LogP contribution is -2.47. The molecule has 0 bridgehead atoms. The average Bonchev–Trinajstić information content (AvgIpc) is 3.22. The molecule has 1 aliphatic carbocycles. The lowest BCUT2D eigenvalue weighted by atomic mass is 9.78. The predicted octanol–water partition coefficient (Wildman–Crippen LogP) is 3.09. The van der Waals surface area contributed by atoms with Gasteiger partial charge in [-0.05, 0) is 57.6 Å². The Morgan fingerprint density at radius 3 is 2.77 bits per heavy atom. The Balaban J connectivity index is 1.31. The third-order valence-electron chi connectivity index (χ3n) is 6.84. The third-order valence-corrected chi connectivity index (χ3v) is 6.84. The molecule has 4 rings (SSSR count). The van der Waals surface area contributed by atoms with Crippen LogP contribution < -0.4 is 0 Å². The van der Waals surface area contributed by atoms with Crippen LogP contribution in [0.25, 0.3) is 0 Å². The number of aryl methyl sites for hydroxylation is 1. The van der Waals surface area contributed by atoms with E-state index in [9.17, 15) is 4.79 Å². The highest BCUT2D eigenvalue weighted by atomic mass is 16.2. The van der Waals surface area contributed by atoms with E-state index in [-0.39, 0.29) is 5.91 Å². The molecule has 0 N–H and O–H groups in total. The van der Waals surface area contributed by atoms with Gasteiger partial charge in [-0.1, -0.05) is 19.3 Å². The van der Waals surface area contributed by atoms with Crippen molar-refractivity contribution in [1.82, 2.24) is 19.6 Å². The number of carbonyl (C=O) groups is 1. The second-order valence-electron chi connectivity index (χ2n) is 9.06. The van der Waals surface area contributed by atoms with Gasteiger partial charge in [0.2, 0.25) is 5.91 Å². The van der Waals surface area contributed by atoms with Crippen molar-refractivity contribution < 1.29 is 4.79 Å². The van der Waals surface area contributed by atoms with Crippen LogP contribution in [0.5, 0.6) is 0 Å². The highest BCUT2D eigenvalue weighted by molar-refractivity contribution is 5.76. The van der Waals surface area contributed by atoms with Crippen molar-refractivity contribution in [3.05, 3.63) is 18.0 Å².